The Morgan fingerprint density at radius 3 is 2.00 bits per heavy atom. The molecule has 0 spiro atoms. The molecule has 0 aliphatic carbocycles. The molecule has 9 rings (SSSR count). The van der Waals surface area contributed by atoms with Gasteiger partial charge < -0.3 is 0 Å². The van der Waals surface area contributed by atoms with Crippen molar-refractivity contribution in [2.24, 2.45) is 0 Å². The lowest BCUT2D eigenvalue weighted by molar-refractivity contribution is 1.09. The summed E-state index contributed by atoms with van der Waals surface area (Å²) in [5, 5.41) is 7.77. The van der Waals surface area contributed by atoms with Crippen molar-refractivity contribution >= 4 is 84.8 Å². The van der Waals surface area contributed by atoms with E-state index < -0.39 is 0 Å². The monoisotopic (exact) mass is 532 g/mol. The summed E-state index contributed by atoms with van der Waals surface area (Å²) in [7, 11) is 0. The zero-order valence-corrected chi connectivity index (χ0v) is 22.4. The highest BCUT2D eigenvalue weighted by Gasteiger charge is 2.18. The SMILES string of the molecule is c1ccc2c(c1)sc1ccc(-c3ccc(-n4c5ccccc5c5ccc6sc7ccccc7c6c54)nc3)cc12. The minimum atomic E-state index is 0.940. The smallest absolute Gasteiger partial charge is 0.137 e. The second-order valence-corrected chi connectivity index (χ2v) is 12.2. The van der Waals surface area contributed by atoms with Crippen LogP contribution in [0.4, 0.5) is 0 Å². The largest absolute Gasteiger partial charge is 0.293 e. The van der Waals surface area contributed by atoms with Crippen molar-refractivity contribution in [2.75, 3.05) is 0 Å². The second-order valence-electron chi connectivity index (χ2n) is 10.00. The molecular weight excluding hydrogens is 513 g/mol. The fourth-order valence-corrected chi connectivity index (χ4v) is 8.29. The van der Waals surface area contributed by atoms with Crippen LogP contribution >= 0.6 is 22.7 Å². The maximum atomic E-state index is 5.07. The van der Waals surface area contributed by atoms with Crippen LogP contribution in [0.15, 0.2) is 121 Å². The van der Waals surface area contributed by atoms with Gasteiger partial charge in [-0.1, -0.05) is 66.7 Å². The van der Waals surface area contributed by atoms with Crippen LogP contribution in [0.2, 0.25) is 0 Å². The van der Waals surface area contributed by atoms with Crippen molar-refractivity contribution in [3.8, 4) is 16.9 Å². The topological polar surface area (TPSA) is 17.8 Å². The Labute approximate surface area is 232 Å². The van der Waals surface area contributed by atoms with E-state index in [-0.39, 0.29) is 0 Å². The van der Waals surface area contributed by atoms with E-state index in [2.05, 4.69) is 120 Å². The third kappa shape index (κ3) is 3.04. The normalized spacial score (nSPS) is 12.1. The maximum absolute atomic E-state index is 5.07. The van der Waals surface area contributed by atoms with Gasteiger partial charge in [0.2, 0.25) is 0 Å². The van der Waals surface area contributed by atoms with Gasteiger partial charge in [0, 0.05) is 62.9 Å². The van der Waals surface area contributed by atoms with Crippen molar-refractivity contribution in [3.63, 3.8) is 0 Å². The molecule has 0 radical (unpaired) electrons. The van der Waals surface area contributed by atoms with E-state index in [1.807, 2.05) is 28.9 Å². The molecule has 4 heteroatoms. The van der Waals surface area contributed by atoms with Crippen LogP contribution in [0.1, 0.15) is 0 Å². The van der Waals surface area contributed by atoms with Gasteiger partial charge in [-0.2, -0.15) is 0 Å². The maximum Gasteiger partial charge on any atom is 0.137 e. The molecule has 0 atom stereocenters. The number of thiophene rings is 2. The molecule has 182 valence electrons. The van der Waals surface area contributed by atoms with E-state index in [0.29, 0.717) is 0 Å². The molecule has 4 aromatic heterocycles. The number of nitrogens with zero attached hydrogens (tertiary/aromatic N) is 2. The van der Waals surface area contributed by atoms with Crippen LogP contribution in [0.3, 0.4) is 0 Å². The molecule has 0 fully saturated rings. The first-order valence-corrected chi connectivity index (χ1v) is 14.7. The number of benzene rings is 5. The molecule has 0 aliphatic heterocycles. The van der Waals surface area contributed by atoms with Gasteiger partial charge in [0.15, 0.2) is 0 Å². The number of aromatic nitrogens is 2. The minimum Gasteiger partial charge on any atom is -0.293 e. The number of rotatable bonds is 2. The number of pyridine rings is 1. The Morgan fingerprint density at radius 2 is 1.15 bits per heavy atom. The molecule has 0 bridgehead atoms. The first-order valence-electron chi connectivity index (χ1n) is 13.0. The predicted octanol–water partition coefficient (Wildman–Crippen LogP) is 10.6. The van der Waals surface area contributed by atoms with Crippen molar-refractivity contribution in [2.45, 2.75) is 0 Å². The predicted molar refractivity (Wildman–Crippen MR) is 170 cm³/mol. The van der Waals surface area contributed by atoms with E-state index >= 15 is 0 Å². The van der Waals surface area contributed by atoms with Crippen molar-refractivity contribution in [1.82, 2.24) is 9.55 Å². The highest BCUT2D eigenvalue weighted by Crippen LogP contribution is 2.43. The van der Waals surface area contributed by atoms with Crippen molar-refractivity contribution in [1.29, 1.82) is 0 Å². The summed E-state index contributed by atoms with van der Waals surface area (Å²) >= 11 is 3.71. The summed E-state index contributed by atoms with van der Waals surface area (Å²) in [5.74, 6) is 0.940. The van der Waals surface area contributed by atoms with Crippen LogP contribution in [0.5, 0.6) is 0 Å². The average Bonchev–Trinajstić information content (AvgIpc) is 3.66. The number of para-hydroxylation sites is 1. The molecule has 0 aliphatic rings. The van der Waals surface area contributed by atoms with Gasteiger partial charge in [-0.25, -0.2) is 4.98 Å². The van der Waals surface area contributed by atoms with E-state index in [1.54, 1.807) is 0 Å². The fraction of sp³-hybridized carbons (Fsp3) is 0. The summed E-state index contributed by atoms with van der Waals surface area (Å²) in [6.07, 6.45) is 2.03. The molecule has 39 heavy (non-hydrogen) atoms. The molecule has 9 aromatic rings. The number of hydrogen-bond acceptors (Lipinski definition) is 3. The highest BCUT2D eigenvalue weighted by atomic mass is 32.1. The van der Waals surface area contributed by atoms with Gasteiger partial charge in [0.05, 0.1) is 11.0 Å². The van der Waals surface area contributed by atoms with E-state index in [4.69, 9.17) is 4.98 Å². The molecule has 0 amide bonds. The Kier molecular flexibility index (Phi) is 4.39. The van der Waals surface area contributed by atoms with Crippen LogP contribution in [0, 0.1) is 0 Å². The summed E-state index contributed by atoms with van der Waals surface area (Å²) < 4.78 is 7.63. The first kappa shape index (κ1) is 21.4. The number of hydrogen-bond donors (Lipinski definition) is 0. The summed E-state index contributed by atoms with van der Waals surface area (Å²) in [6, 6.07) is 41.8. The second kappa shape index (κ2) is 8.00. The van der Waals surface area contributed by atoms with Crippen LogP contribution in [-0.2, 0) is 0 Å². The lowest BCUT2D eigenvalue weighted by atomic mass is 10.0. The quantitative estimate of drug-likeness (QED) is 0.216. The van der Waals surface area contributed by atoms with Gasteiger partial charge >= 0.3 is 0 Å². The van der Waals surface area contributed by atoms with Gasteiger partial charge in [0.1, 0.15) is 5.82 Å². The summed E-state index contributed by atoms with van der Waals surface area (Å²) in [5.41, 5.74) is 4.74. The Balaban J connectivity index is 1.28. The van der Waals surface area contributed by atoms with Gasteiger partial charge in [0.25, 0.3) is 0 Å². The molecule has 0 saturated carbocycles. The Bertz CT molecular complexity index is 2390. The molecule has 0 N–H and O–H groups in total. The lowest BCUT2D eigenvalue weighted by Crippen LogP contribution is -1.97. The third-order valence-electron chi connectivity index (χ3n) is 7.86. The van der Waals surface area contributed by atoms with Crippen LogP contribution in [0.25, 0.3) is 79.1 Å². The molecule has 5 aromatic carbocycles. The van der Waals surface area contributed by atoms with Gasteiger partial charge in [-0.3, -0.25) is 4.57 Å². The van der Waals surface area contributed by atoms with Crippen molar-refractivity contribution in [3.05, 3.63) is 121 Å². The standard InChI is InChI=1S/C35H20N2S2/c1-4-10-28-23(7-1)25-15-17-32-34(26-9-3-6-12-30(26)39-32)35(25)37(28)33-18-14-22(20-36-33)21-13-16-31-27(19-21)24-8-2-5-11-29(24)38-31/h1-20H. The molecule has 4 heterocycles. The van der Waals surface area contributed by atoms with Crippen molar-refractivity contribution < 1.29 is 0 Å². The van der Waals surface area contributed by atoms with Crippen LogP contribution < -0.4 is 0 Å². The number of fused-ring (bicyclic) bond motifs is 10. The Morgan fingerprint density at radius 1 is 0.487 bits per heavy atom. The summed E-state index contributed by atoms with van der Waals surface area (Å²) in [4.78, 5) is 5.07. The molecular formula is C35H20N2S2. The zero-order valence-electron chi connectivity index (χ0n) is 20.8. The molecule has 0 saturated heterocycles. The average molecular weight is 533 g/mol. The van der Waals surface area contributed by atoms with Crippen LogP contribution in [-0.4, -0.2) is 9.55 Å². The molecule has 0 unspecified atom stereocenters. The minimum absolute atomic E-state index is 0.940. The fourth-order valence-electron chi connectivity index (χ4n) is 6.10. The van der Waals surface area contributed by atoms with E-state index in [1.165, 1.54) is 67.7 Å². The van der Waals surface area contributed by atoms with E-state index in [9.17, 15) is 0 Å². The molecule has 2 nitrogen and oxygen atoms in total. The lowest BCUT2D eigenvalue weighted by Gasteiger charge is -2.09. The first-order chi connectivity index (χ1) is 19.3. The van der Waals surface area contributed by atoms with Gasteiger partial charge in [-0.05, 0) is 54.1 Å². The van der Waals surface area contributed by atoms with E-state index in [0.717, 1.165) is 11.4 Å². The highest BCUT2D eigenvalue weighted by molar-refractivity contribution is 7.26. The third-order valence-corrected chi connectivity index (χ3v) is 10.1. The summed E-state index contributed by atoms with van der Waals surface area (Å²) in [6.45, 7) is 0. The zero-order chi connectivity index (χ0) is 25.5. The Hall–Kier alpha value is -4.51. The van der Waals surface area contributed by atoms with Gasteiger partial charge in [-0.15, -0.1) is 22.7 Å².